The Labute approximate surface area is 142 Å². The Balaban J connectivity index is 1.95. The van der Waals surface area contributed by atoms with Crippen molar-refractivity contribution in [2.45, 2.75) is 44.1 Å². The van der Waals surface area contributed by atoms with Crippen molar-refractivity contribution in [3.05, 3.63) is 35.9 Å². The number of hydrogen-bond acceptors (Lipinski definition) is 3. The van der Waals surface area contributed by atoms with Gasteiger partial charge in [0.1, 0.15) is 6.29 Å². The molecule has 0 spiro atoms. The zero-order valence-electron chi connectivity index (χ0n) is 13.8. The van der Waals surface area contributed by atoms with Crippen LogP contribution in [0.4, 0.5) is 0 Å². The Morgan fingerprint density at radius 3 is 2.54 bits per heavy atom. The van der Waals surface area contributed by atoms with Crippen molar-refractivity contribution in [2.75, 3.05) is 6.54 Å². The van der Waals surface area contributed by atoms with Gasteiger partial charge in [-0.3, -0.25) is 9.59 Å². The van der Waals surface area contributed by atoms with Gasteiger partial charge in [0.15, 0.2) is 0 Å². The molecule has 2 aliphatic rings. The van der Waals surface area contributed by atoms with Crippen LogP contribution < -0.4 is 5.73 Å². The normalized spacial score (nSPS) is 27.8. The topological polar surface area (TPSA) is 80.5 Å². The molecule has 5 nitrogen and oxygen atoms in total. The molecule has 0 radical (unpaired) electrons. The van der Waals surface area contributed by atoms with Gasteiger partial charge in [0.25, 0.3) is 0 Å². The van der Waals surface area contributed by atoms with Gasteiger partial charge in [0.05, 0.1) is 12.0 Å². The number of carbonyl (C=O) groups excluding carboxylic acids is 3. The molecule has 1 heterocycles. The molecule has 1 saturated heterocycles. The summed E-state index contributed by atoms with van der Waals surface area (Å²) in [6.45, 7) is 0.611. The number of nitrogens with two attached hydrogens (primary N) is 1. The van der Waals surface area contributed by atoms with Crippen LogP contribution in [0.1, 0.15) is 43.6 Å². The Morgan fingerprint density at radius 1 is 1.12 bits per heavy atom. The maximum absolute atomic E-state index is 13.3. The first-order valence-electron chi connectivity index (χ1n) is 8.73. The van der Waals surface area contributed by atoms with Crippen LogP contribution in [0.15, 0.2) is 30.3 Å². The minimum atomic E-state index is -0.397. The molecular weight excluding hydrogens is 304 g/mol. The number of rotatable bonds is 5. The van der Waals surface area contributed by atoms with E-state index in [1.54, 1.807) is 4.90 Å². The van der Waals surface area contributed by atoms with E-state index in [9.17, 15) is 14.4 Å². The summed E-state index contributed by atoms with van der Waals surface area (Å²) in [5.74, 6) is -1.10. The third-order valence-corrected chi connectivity index (χ3v) is 5.53. The molecule has 0 aromatic heterocycles. The molecule has 1 saturated carbocycles. The molecule has 2 amide bonds. The Hall–Kier alpha value is -2.17. The van der Waals surface area contributed by atoms with Crippen LogP contribution in [-0.2, 0) is 14.4 Å². The summed E-state index contributed by atoms with van der Waals surface area (Å²) in [5, 5.41) is 0. The molecule has 2 N–H and O–H groups in total. The predicted octanol–water partition coefficient (Wildman–Crippen LogP) is 1.86. The Bertz CT molecular complexity index is 616. The number of carbonyl (C=O) groups is 3. The fourth-order valence-electron chi connectivity index (χ4n) is 4.36. The van der Waals surface area contributed by atoms with Gasteiger partial charge in [-0.2, -0.15) is 0 Å². The van der Waals surface area contributed by atoms with Crippen LogP contribution in [0.2, 0.25) is 0 Å². The summed E-state index contributed by atoms with van der Waals surface area (Å²) < 4.78 is 0. The van der Waals surface area contributed by atoms with Gasteiger partial charge in [-0.25, -0.2) is 0 Å². The Kier molecular flexibility index (Phi) is 4.97. The van der Waals surface area contributed by atoms with E-state index in [0.29, 0.717) is 6.54 Å². The predicted molar refractivity (Wildman–Crippen MR) is 90.0 cm³/mol. The van der Waals surface area contributed by atoms with E-state index in [1.807, 2.05) is 30.3 Å². The van der Waals surface area contributed by atoms with E-state index in [4.69, 9.17) is 5.73 Å². The summed E-state index contributed by atoms with van der Waals surface area (Å²) in [6, 6.07) is 9.26. The average Bonchev–Trinajstić information content (AvgIpc) is 3.25. The van der Waals surface area contributed by atoms with Gasteiger partial charge in [-0.15, -0.1) is 0 Å². The number of benzene rings is 1. The SMILES string of the molecule is NC(=O)C1CCCC1C(C(=O)N1CCCC1C=O)c1ccccc1. The van der Waals surface area contributed by atoms with Gasteiger partial charge in [-0.05, 0) is 37.2 Å². The van der Waals surface area contributed by atoms with Crippen LogP contribution in [0.5, 0.6) is 0 Å². The van der Waals surface area contributed by atoms with E-state index in [2.05, 4.69) is 0 Å². The molecule has 0 bridgehead atoms. The lowest BCUT2D eigenvalue weighted by Crippen LogP contribution is -2.43. The molecular formula is C19H24N2O3. The Morgan fingerprint density at radius 2 is 1.88 bits per heavy atom. The largest absolute Gasteiger partial charge is 0.369 e. The van der Waals surface area contributed by atoms with Crippen molar-refractivity contribution >= 4 is 18.1 Å². The van der Waals surface area contributed by atoms with Gasteiger partial charge in [0, 0.05) is 12.5 Å². The summed E-state index contributed by atoms with van der Waals surface area (Å²) in [4.78, 5) is 38.1. The second kappa shape index (κ2) is 7.16. The summed E-state index contributed by atoms with van der Waals surface area (Å²) in [6.07, 6.45) is 4.91. The molecule has 5 heteroatoms. The number of likely N-dealkylation sites (tertiary alicyclic amines) is 1. The number of nitrogens with zero attached hydrogens (tertiary/aromatic N) is 1. The maximum Gasteiger partial charge on any atom is 0.231 e. The molecule has 24 heavy (non-hydrogen) atoms. The molecule has 4 atom stereocenters. The highest BCUT2D eigenvalue weighted by molar-refractivity contribution is 5.88. The second-order valence-electron chi connectivity index (χ2n) is 6.87. The first-order valence-corrected chi connectivity index (χ1v) is 8.73. The van der Waals surface area contributed by atoms with Gasteiger partial charge >= 0.3 is 0 Å². The highest BCUT2D eigenvalue weighted by atomic mass is 16.2. The molecule has 1 aromatic carbocycles. The molecule has 2 fully saturated rings. The number of amides is 2. The van der Waals surface area contributed by atoms with Crippen LogP contribution in [0.3, 0.4) is 0 Å². The molecule has 128 valence electrons. The zero-order valence-corrected chi connectivity index (χ0v) is 13.8. The van der Waals surface area contributed by atoms with Crippen molar-refractivity contribution in [1.29, 1.82) is 0 Å². The molecule has 1 aliphatic heterocycles. The number of hydrogen-bond donors (Lipinski definition) is 1. The number of primary amides is 1. The standard InChI is InChI=1S/C19H24N2O3/c20-18(23)16-10-4-9-15(16)17(13-6-2-1-3-7-13)19(24)21-11-5-8-14(21)12-22/h1-3,6-7,12,14-17H,4-5,8-11H2,(H2,20,23). The first-order chi connectivity index (χ1) is 11.6. The highest BCUT2D eigenvalue weighted by Crippen LogP contribution is 2.43. The van der Waals surface area contributed by atoms with Gasteiger partial charge in [-0.1, -0.05) is 36.8 Å². The van der Waals surface area contributed by atoms with Crippen LogP contribution in [-0.4, -0.2) is 35.6 Å². The van der Waals surface area contributed by atoms with E-state index in [0.717, 1.165) is 44.0 Å². The smallest absolute Gasteiger partial charge is 0.231 e. The van der Waals surface area contributed by atoms with E-state index in [-0.39, 0.29) is 29.7 Å². The second-order valence-corrected chi connectivity index (χ2v) is 6.87. The monoisotopic (exact) mass is 328 g/mol. The minimum absolute atomic E-state index is 0.0334. The molecule has 4 unspecified atom stereocenters. The fourth-order valence-corrected chi connectivity index (χ4v) is 4.36. The van der Waals surface area contributed by atoms with Gasteiger partial charge in [0.2, 0.25) is 11.8 Å². The maximum atomic E-state index is 13.3. The lowest BCUT2D eigenvalue weighted by molar-refractivity contribution is -0.138. The van der Waals surface area contributed by atoms with Crippen molar-refractivity contribution in [1.82, 2.24) is 4.90 Å². The summed E-state index contributed by atoms with van der Waals surface area (Å²) >= 11 is 0. The summed E-state index contributed by atoms with van der Waals surface area (Å²) in [5.41, 5.74) is 6.51. The van der Waals surface area contributed by atoms with Crippen molar-refractivity contribution in [3.8, 4) is 0 Å². The van der Waals surface area contributed by atoms with E-state index < -0.39 is 5.92 Å². The lowest BCUT2D eigenvalue weighted by Gasteiger charge is -2.32. The van der Waals surface area contributed by atoms with Crippen LogP contribution in [0, 0.1) is 11.8 Å². The van der Waals surface area contributed by atoms with Crippen molar-refractivity contribution < 1.29 is 14.4 Å². The van der Waals surface area contributed by atoms with Crippen LogP contribution in [0.25, 0.3) is 0 Å². The average molecular weight is 328 g/mol. The quantitative estimate of drug-likeness (QED) is 0.838. The third kappa shape index (κ3) is 3.07. The zero-order chi connectivity index (χ0) is 17.1. The van der Waals surface area contributed by atoms with Crippen LogP contribution >= 0.6 is 0 Å². The van der Waals surface area contributed by atoms with E-state index in [1.165, 1.54) is 0 Å². The molecule has 1 aromatic rings. The summed E-state index contributed by atoms with van der Waals surface area (Å²) in [7, 11) is 0. The minimum Gasteiger partial charge on any atom is -0.369 e. The first kappa shape index (κ1) is 16.7. The van der Waals surface area contributed by atoms with Crippen molar-refractivity contribution in [2.24, 2.45) is 17.6 Å². The highest BCUT2D eigenvalue weighted by Gasteiger charge is 2.44. The lowest BCUT2D eigenvalue weighted by atomic mass is 9.78. The van der Waals surface area contributed by atoms with E-state index >= 15 is 0 Å². The van der Waals surface area contributed by atoms with Crippen molar-refractivity contribution in [3.63, 3.8) is 0 Å². The van der Waals surface area contributed by atoms with Gasteiger partial charge < -0.3 is 15.4 Å². The molecule has 3 rings (SSSR count). The fraction of sp³-hybridized carbons (Fsp3) is 0.526. The molecule has 1 aliphatic carbocycles. The third-order valence-electron chi connectivity index (χ3n) is 5.53. The number of aldehydes is 1.